The summed E-state index contributed by atoms with van der Waals surface area (Å²) in [6.45, 7) is 0.234. The van der Waals surface area contributed by atoms with Crippen molar-refractivity contribution in [2.24, 2.45) is 7.05 Å². The molecule has 0 aliphatic heterocycles. The second kappa shape index (κ2) is 5.51. The lowest BCUT2D eigenvalue weighted by Gasteiger charge is -2.08. The molecule has 0 spiro atoms. The van der Waals surface area contributed by atoms with Gasteiger partial charge in [0.1, 0.15) is 5.75 Å². The number of aromatic nitrogens is 2. The number of rotatable bonds is 5. The molecule has 0 fully saturated rings. The van der Waals surface area contributed by atoms with E-state index in [1.54, 1.807) is 31.3 Å². The molecule has 2 aromatic rings. The molecule has 20 heavy (non-hydrogen) atoms. The third-order valence-electron chi connectivity index (χ3n) is 2.81. The van der Waals surface area contributed by atoms with Crippen molar-refractivity contribution in [2.45, 2.75) is 11.4 Å². The Morgan fingerprint density at radius 2 is 2.00 bits per heavy atom. The Hall–Kier alpha value is -2.06. The summed E-state index contributed by atoms with van der Waals surface area (Å²) in [4.78, 5) is 3.75. The molecule has 4 N–H and O–H groups in total. The largest absolute Gasteiger partial charge is 0.508 e. The van der Waals surface area contributed by atoms with E-state index in [0.717, 1.165) is 5.56 Å². The summed E-state index contributed by atoms with van der Waals surface area (Å²) in [5.41, 5.74) is 6.47. The number of nitrogens with one attached hydrogen (secondary N) is 1. The van der Waals surface area contributed by atoms with Crippen molar-refractivity contribution in [3.05, 3.63) is 36.2 Å². The van der Waals surface area contributed by atoms with Crippen LogP contribution in [0, 0.1) is 0 Å². The lowest BCUT2D eigenvalue weighted by atomic mass is 10.1. The summed E-state index contributed by atoms with van der Waals surface area (Å²) in [5, 5.41) is 9.12. The van der Waals surface area contributed by atoms with Crippen LogP contribution in [0.25, 0.3) is 0 Å². The molecule has 0 bridgehead atoms. The van der Waals surface area contributed by atoms with Gasteiger partial charge < -0.3 is 15.4 Å². The Labute approximate surface area is 117 Å². The molecule has 108 valence electrons. The van der Waals surface area contributed by atoms with Crippen LogP contribution < -0.4 is 10.5 Å². The summed E-state index contributed by atoms with van der Waals surface area (Å²) in [6, 6.07) is 6.59. The monoisotopic (exact) mass is 296 g/mol. The van der Waals surface area contributed by atoms with Gasteiger partial charge in [0.25, 0.3) is 10.0 Å². The van der Waals surface area contributed by atoms with E-state index in [0.29, 0.717) is 6.42 Å². The minimum absolute atomic E-state index is 0.0235. The lowest BCUT2D eigenvalue weighted by Crippen LogP contribution is -2.28. The molecule has 0 unspecified atom stereocenters. The summed E-state index contributed by atoms with van der Waals surface area (Å²) in [7, 11) is -2.11. The van der Waals surface area contributed by atoms with Gasteiger partial charge in [0.15, 0.2) is 10.8 Å². The Morgan fingerprint density at radius 1 is 1.35 bits per heavy atom. The molecule has 0 atom stereocenters. The zero-order chi connectivity index (χ0) is 14.8. The Morgan fingerprint density at radius 3 is 2.55 bits per heavy atom. The molecule has 0 radical (unpaired) electrons. The van der Waals surface area contributed by atoms with Crippen LogP contribution in [0.2, 0.25) is 0 Å². The molecular formula is C12H16N4O3S. The first kappa shape index (κ1) is 14.4. The molecule has 8 heteroatoms. The van der Waals surface area contributed by atoms with Crippen molar-refractivity contribution >= 4 is 15.8 Å². The molecular weight excluding hydrogens is 280 g/mol. The van der Waals surface area contributed by atoms with Crippen LogP contribution in [0.15, 0.2) is 35.6 Å². The minimum Gasteiger partial charge on any atom is -0.508 e. The highest BCUT2D eigenvalue weighted by Crippen LogP contribution is 2.15. The van der Waals surface area contributed by atoms with Crippen LogP contribution in [0.3, 0.4) is 0 Å². The second-order valence-corrected chi connectivity index (χ2v) is 6.04. The Balaban J connectivity index is 2.02. The van der Waals surface area contributed by atoms with Crippen molar-refractivity contribution in [3.8, 4) is 5.75 Å². The summed E-state index contributed by atoms with van der Waals surface area (Å²) in [5.74, 6) is 0.154. The third kappa shape index (κ3) is 3.09. The molecule has 1 aromatic heterocycles. The average molecular weight is 296 g/mol. The molecule has 0 aliphatic carbocycles. The van der Waals surface area contributed by atoms with Gasteiger partial charge in [0.05, 0.1) is 6.33 Å². The van der Waals surface area contributed by atoms with Crippen LogP contribution in [0.1, 0.15) is 5.56 Å². The predicted molar refractivity (Wildman–Crippen MR) is 74.6 cm³/mol. The Bertz CT molecular complexity index is 672. The van der Waals surface area contributed by atoms with E-state index in [1.165, 1.54) is 10.9 Å². The maximum Gasteiger partial charge on any atom is 0.260 e. The molecule has 0 saturated carbocycles. The Kier molecular flexibility index (Phi) is 3.96. The number of nitrogens with two attached hydrogens (primary N) is 1. The maximum absolute atomic E-state index is 12.1. The number of sulfonamides is 1. The van der Waals surface area contributed by atoms with Gasteiger partial charge in [-0.25, -0.2) is 18.1 Å². The summed E-state index contributed by atoms with van der Waals surface area (Å²) in [6.07, 6.45) is 1.86. The number of nitrogen functional groups attached to an aromatic ring is 1. The number of anilines is 1. The normalized spacial score (nSPS) is 11.7. The number of benzene rings is 1. The number of hydrogen-bond acceptors (Lipinski definition) is 5. The highest BCUT2D eigenvalue weighted by atomic mass is 32.2. The number of nitrogens with zero attached hydrogens (tertiary/aromatic N) is 2. The van der Waals surface area contributed by atoms with E-state index < -0.39 is 10.0 Å². The third-order valence-corrected chi connectivity index (χ3v) is 4.40. The van der Waals surface area contributed by atoms with Crippen LogP contribution in [-0.4, -0.2) is 29.6 Å². The van der Waals surface area contributed by atoms with Gasteiger partial charge in [-0.1, -0.05) is 12.1 Å². The number of aryl methyl sites for hydroxylation is 1. The fourth-order valence-corrected chi connectivity index (χ4v) is 3.09. The number of phenolic OH excluding ortho intramolecular Hbond substituents is 1. The smallest absolute Gasteiger partial charge is 0.260 e. The second-order valence-electron chi connectivity index (χ2n) is 4.36. The van der Waals surface area contributed by atoms with Gasteiger partial charge in [-0.05, 0) is 24.1 Å². The molecule has 1 heterocycles. The zero-order valence-corrected chi connectivity index (χ0v) is 11.8. The van der Waals surface area contributed by atoms with Crippen LogP contribution >= 0.6 is 0 Å². The van der Waals surface area contributed by atoms with E-state index in [1.807, 2.05) is 0 Å². The molecule has 7 nitrogen and oxygen atoms in total. The highest BCUT2D eigenvalue weighted by Gasteiger charge is 2.21. The predicted octanol–water partition coefficient (Wildman–Crippen LogP) is 0.229. The van der Waals surface area contributed by atoms with Crippen molar-refractivity contribution in [2.75, 3.05) is 12.3 Å². The van der Waals surface area contributed by atoms with Gasteiger partial charge in [-0.2, -0.15) is 0 Å². The first-order valence-electron chi connectivity index (χ1n) is 5.94. The quantitative estimate of drug-likeness (QED) is 0.731. The lowest BCUT2D eigenvalue weighted by molar-refractivity contribution is 0.475. The van der Waals surface area contributed by atoms with E-state index in [9.17, 15) is 8.42 Å². The van der Waals surface area contributed by atoms with Crippen LogP contribution in [0.4, 0.5) is 5.82 Å². The molecule has 0 aliphatic rings. The number of imidazole rings is 1. The molecule has 0 saturated heterocycles. The highest BCUT2D eigenvalue weighted by molar-refractivity contribution is 7.89. The minimum atomic E-state index is -3.68. The van der Waals surface area contributed by atoms with Crippen molar-refractivity contribution in [1.82, 2.24) is 14.3 Å². The van der Waals surface area contributed by atoms with Crippen LogP contribution in [-0.2, 0) is 23.5 Å². The first-order chi connectivity index (χ1) is 9.40. The van der Waals surface area contributed by atoms with Crippen molar-refractivity contribution in [3.63, 3.8) is 0 Å². The number of hydrogen-bond donors (Lipinski definition) is 3. The van der Waals surface area contributed by atoms with Gasteiger partial charge in [-0.15, -0.1) is 0 Å². The van der Waals surface area contributed by atoms with Gasteiger partial charge in [0.2, 0.25) is 0 Å². The van der Waals surface area contributed by atoms with E-state index in [2.05, 4.69) is 9.71 Å². The van der Waals surface area contributed by atoms with Gasteiger partial charge in [0, 0.05) is 13.6 Å². The fraction of sp³-hybridized carbons (Fsp3) is 0.250. The molecule has 0 amide bonds. The zero-order valence-electron chi connectivity index (χ0n) is 10.9. The standard InChI is InChI=1S/C12H16N4O3S/c1-16-8-14-11(13)12(16)20(18,19)15-7-6-9-2-4-10(17)5-3-9/h2-5,8,15,17H,6-7,13H2,1H3. The van der Waals surface area contributed by atoms with Gasteiger partial charge in [-0.3, -0.25) is 0 Å². The summed E-state index contributed by atoms with van der Waals surface area (Å²) >= 11 is 0. The van der Waals surface area contributed by atoms with E-state index in [4.69, 9.17) is 10.8 Å². The number of phenols is 1. The number of aromatic hydroxyl groups is 1. The van der Waals surface area contributed by atoms with E-state index in [-0.39, 0.29) is 23.1 Å². The van der Waals surface area contributed by atoms with Crippen molar-refractivity contribution < 1.29 is 13.5 Å². The van der Waals surface area contributed by atoms with Crippen molar-refractivity contribution in [1.29, 1.82) is 0 Å². The average Bonchev–Trinajstić information content (AvgIpc) is 2.72. The first-order valence-corrected chi connectivity index (χ1v) is 7.43. The SMILES string of the molecule is Cn1cnc(N)c1S(=O)(=O)NCCc1ccc(O)cc1. The molecule has 2 rings (SSSR count). The van der Waals surface area contributed by atoms with Crippen LogP contribution in [0.5, 0.6) is 5.75 Å². The topological polar surface area (TPSA) is 110 Å². The molecule has 1 aromatic carbocycles. The van der Waals surface area contributed by atoms with Gasteiger partial charge >= 0.3 is 0 Å². The maximum atomic E-state index is 12.1. The fourth-order valence-electron chi connectivity index (χ4n) is 1.83. The summed E-state index contributed by atoms with van der Waals surface area (Å²) < 4.78 is 28.0. The van der Waals surface area contributed by atoms with E-state index >= 15 is 0 Å².